The first-order valence-electron chi connectivity index (χ1n) is 7.32. The van der Waals surface area contributed by atoms with E-state index in [4.69, 9.17) is 4.74 Å². The van der Waals surface area contributed by atoms with Gasteiger partial charge in [-0.2, -0.15) is 0 Å². The molecule has 0 aliphatic carbocycles. The molecule has 0 aromatic carbocycles. The van der Waals surface area contributed by atoms with Crippen LogP contribution in [0.25, 0.3) is 0 Å². The normalized spacial score (nSPS) is 11.6. The number of amides is 3. The van der Waals surface area contributed by atoms with E-state index in [0.717, 1.165) is 0 Å². The average molecular weight is 315 g/mol. The third-order valence-corrected chi connectivity index (χ3v) is 2.33. The lowest BCUT2D eigenvalue weighted by Crippen LogP contribution is -2.46. The fraction of sp³-hybridized carbons (Fsp3) is 0.800. The van der Waals surface area contributed by atoms with Gasteiger partial charge in [-0.3, -0.25) is 9.59 Å². The molecule has 0 unspecified atom stereocenters. The average Bonchev–Trinajstić information content (AvgIpc) is 2.22. The Balaban J connectivity index is 4.07. The molecule has 0 radical (unpaired) electrons. The molecule has 0 atom stereocenters. The summed E-state index contributed by atoms with van der Waals surface area (Å²) in [6, 6.07) is 0. The van der Waals surface area contributed by atoms with Crippen LogP contribution < -0.4 is 10.6 Å². The van der Waals surface area contributed by atoms with Crippen molar-refractivity contribution in [3.05, 3.63) is 0 Å². The third-order valence-electron chi connectivity index (χ3n) is 2.33. The van der Waals surface area contributed by atoms with Crippen LogP contribution in [-0.2, 0) is 14.3 Å². The van der Waals surface area contributed by atoms with Gasteiger partial charge in [0.25, 0.3) is 0 Å². The van der Waals surface area contributed by atoms with Crippen LogP contribution in [0.3, 0.4) is 0 Å². The highest BCUT2D eigenvalue weighted by Crippen LogP contribution is 2.06. The third kappa shape index (κ3) is 10.9. The minimum atomic E-state index is -0.573. The first kappa shape index (κ1) is 20.2. The second kappa shape index (κ2) is 8.00. The molecule has 0 fully saturated rings. The number of nitrogens with one attached hydrogen (secondary N) is 2. The molecule has 7 heteroatoms. The highest BCUT2D eigenvalue weighted by molar-refractivity contribution is 5.85. The van der Waals surface area contributed by atoms with Gasteiger partial charge in [0.2, 0.25) is 11.8 Å². The first-order chi connectivity index (χ1) is 9.80. The number of hydrogen-bond acceptors (Lipinski definition) is 4. The van der Waals surface area contributed by atoms with E-state index in [-0.39, 0.29) is 36.9 Å². The van der Waals surface area contributed by atoms with Crippen molar-refractivity contribution in [1.29, 1.82) is 0 Å². The summed E-state index contributed by atoms with van der Waals surface area (Å²) in [7, 11) is 1.55. The Morgan fingerprint density at radius 3 is 2.05 bits per heavy atom. The highest BCUT2D eigenvalue weighted by Gasteiger charge is 2.19. The Morgan fingerprint density at radius 2 is 1.59 bits per heavy atom. The molecule has 3 amide bonds. The summed E-state index contributed by atoms with van der Waals surface area (Å²) < 4.78 is 5.06. The van der Waals surface area contributed by atoms with E-state index in [2.05, 4.69) is 10.6 Å². The van der Waals surface area contributed by atoms with Crippen LogP contribution in [0.2, 0.25) is 0 Å². The van der Waals surface area contributed by atoms with Gasteiger partial charge in [-0.1, -0.05) is 0 Å². The number of ether oxygens (including phenoxy) is 1. The van der Waals surface area contributed by atoms with E-state index in [9.17, 15) is 14.4 Å². The quantitative estimate of drug-likeness (QED) is 0.800. The SMILES string of the molecule is CN(CC(=O)NC(C)(C)C)C(=O)CCNC(=O)OC(C)(C)C. The number of carbonyl (C=O) groups is 3. The maximum absolute atomic E-state index is 11.9. The van der Waals surface area contributed by atoms with Gasteiger partial charge < -0.3 is 20.3 Å². The lowest BCUT2D eigenvalue weighted by atomic mass is 10.1. The van der Waals surface area contributed by atoms with Gasteiger partial charge in [-0.15, -0.1) is 0 Å². The van der Waals surface area contributed by atoms with Crippen molar-refractivity contribution in [3.63, 3.8) is 0 Å². The summed E-state index contributed by atoms with van der Waals surface area (Å²) in [5, 5.41) is 5.29. The Kier molecular flexibility index (Phi) is 7.35. The predicted octanol–water partition coefficient (Wildman–Crippen LogP) is 1.27. The minimum Gasteiger partial charge on any atom is -0.444 e. The molecular formula is C15H29N3O4. The molecule has 0 saturated carbocycles. The van der Waals surface area contributed by atoms with E-state index in [1.807, 2.05) is 20.8 Å². The lowest BCUT2D eigenvalue weighted by molar-refractivity contribution is -0.135. The van der Waals surface area contributed by atoms with E-state index in [0.29, 0.717) is 0 Å². The number of alkyl carbamates (subject to hydrolysis) is 1. The topological polar surface area (TPSA) is 87.7 Å². The van der Waals surface area contributed by atoms with Crippen LogP contribution in [0.1, 0.15) is 48.0 Å². The molecule has 7 nitrogen and oxygen atoms in total. The second-order valence-electron chi connectivity index (χ2n) is 7.23. The van der Waals surface area contributed by atoms with Crippen LogP contribution in [0.4, 0.5) is 4.79 Å². The molecule has 0 aromatic rings. The van der Waals surface area contributed by atoms with Crippen LogP contribution in [0.5, 0.6) is 0 Å². The Morgan fingerprint density at radius 1 is 1.05 bits per heavy atom. The summed E-state index contributed by atoms with van der Waals surface area (Å²) in [6.07, 6.45) is -0.452. The fourth-order valence-corrected chi connectivity index (χ4v) is 1.54. The van der Waals surface area contributed by atoms with Crippen LogP contribution in [0, 0.1) is 0 Å². The molecule has 0 bridgehead atoms. The molecule has 0 rings (SSSR count). The van der Waals surface area contributed by atoms with Crippen LogP contribution in [-0.4, -0.2) is 54.1 Å². The number of carbonyl (C=O) groups excluding carboxylic acids is 3. The molecule has 2 N–H and O–H groups in total. The maximum atomic E-state index is 11.9. The van der Waals surface area contributed by atoms with Crippen molar-refractivity contribution in [2.75, 3.05) is 20.1 Å². The summed E-state index contributed by atoms with van der Waals surface area (Å²) >= 11 is 0. The molecule has 0 saturated heterocycles. The van der Waals surface area contributed by atoms with E-state index in [1.165, 1.54) is 4.90 Å². The van der Waals surface area contributed by atoms with Crippen molar-refractivity contribution in [2.45, 2.75) is 59.1 Å². The van der Waals surface area contributed by atoms with Crippen molar-refractivity contribution >= 4 is 17.9 Å². The predicted molar refractivity (Wildman–Crippen MR) is 84.4 cm³/mol. The van der Waals surface area contributed by atoms with Crippen molar-refractivity contribution < 1.29 is 19.1 Å². The van der Waals surface area contributed by atoms with Gasteiger partial charge in [-0.25, -0.2) is 4.79 Å². The summed E-state index contributed by atoms with van der Waals surface area (Å²) in [6.45, 7) is 11.1. The molecule has 0 aromatic heterocycles. The van der Waals surface area contributed by atoms with Gasteiger partial charge >= 0.3 is 6.09 Å². The van der Waals surface area contributed by atoms with Gasteiger partial charge in [0, 0.05) is 25.6 Å². The summed E-state index contributed by atoms with van der Waals surface area (Å²) in [5.74, 6) is -0.441. The number of rotatable bonds is 5. The zero-order valence-electron chi connectivity index (χ0n) is 14.7. The van der Waals surface area contributed by atoms with Crippen LogP contribution >= 0.6 is 0 Å². The largest absolute Gasteiger partial charge is 0.444 e. The number of hydrogen-bond donors (Lipinski definition) is 2. The number of likely N-dealkylation sites (N-methyl/N-ethyl adjacent to an activating group) is 1. The zero-order valence-corrected chi connectivity index (χ0v) is 14.7. The molecule has 128 valence electrons. The zero-order chi connectivity index (χ0) is 17.6. The summed E-state index contributed by atoms with van der Waals surface area (Å²) in [5.41, 5.74) is -0.908. The Hall–Kier alpha value is -1.79. The van der Waals surface area contributed by atoms with Gasteiger partial charge in [0.1, 0.15) is 5.60 Å². The van der Waals surface area contributed by atoms with Crippen LogP contribution in [0.15, 0.2) is 0 Å². The molecular weight excluding hydrogens is 286 g/mol. The molecule has 0 aliphatic heterocycles. The molecule has 0 spiro atoms. The minimum absolute atomic E-state index is 0.0114. The van der Waals surface area contributed by atoms with Gasteiger partial charge in [0.05, 0.1) is 6.54 Å². The summed E-state index contributed by atoms with van der Waals surface area (Å²) in [4.78, 5) is 36.3. The smallest absolute Gasteiger partial charge is 0.407 e. The van der Waals surface area contributed by atoms with E-state index >= 15 is 0 Å². The Bertz CT molecular complexity index is 408. The van der Waals surface area contributed by atoms with Crippen molar-refractivity contribution in [2.24, 2.45) is 0 Å². The standard InChI is InChI=1S/C15H29N3O4/c1-14(2,3)17-11(19)10-18(7)12(20)8-9-16-13(21)22-15(4,5)6/h8-10H2,1-7H3,(H,16,21)(H,17,19). The molecule has 0 heterocycles. The lowest BCUT2D eigenvalue weighted by Gasteiger charge is -2.23. The fourth-order valence-electron chi connectivity index (χ4n) is 1.54. The Labute approximate surface area is 132 Å². The molecule has 22 heavy (non-hydrogen) atoms. The van der Waals surface area contributed by atoms with E-state index < -0.39 is 11.7 Å². The number of nitrogens with zero attached hydrogens (tertiary/aromatic N) is 1. The highest BCUT2D eigenvalue weighted by atomic mass is 16.6. The van der Waals surface area contributed by atoms with Gasteiger partial charge in [-0.05, 0) is 41.5 Å². The monoisotopic (exact) mass is 315 g/mol. The first-order valence-corrected chi connectivity index (χ1v) is 7.32. The maximum Gasteiger partial charge on any atom is 0.407 e. The van der Waals surface area contributed by atoms with Gasteiger partial charge in [0.15, 0.2) is 0 Å². The van der Waals surface area contributed by atoms with E-state index in [1.54, 1.807) is 27.8 Å². The van der Waals surface area contributed by atoms with Crippen molar-refractivity contribution in [3.8, 4) is 0 Å². The molecule has 0 aliphatic rings. The van der Waals surface area contributed by atoms with Crippen molar-refractivity contribution in [1.82, 2.24) is 15.5 Å². The second-order valence-corrected chi connectivity index (χ2v) is 7.23.